The van der Waals surface area contributed by atoms with Crippen molar-refractivity contribution < 1.29 is 35.8 Å². The van der Waals surface area contributed by atoms with Gasteiger partial charge >= 0.3 is 12.7 Å². The van der Waals surface area contributed by atoms with Gasteiger partial charge < -0.3 is 9.47 Å². The van der Waals surface area contributed by atoms with Crippen molar-refractivity contribution in [3.8, 4) is 11.5 Å². The summed E-state index contributed by atoms with van der Waals surface area (Å²) in [6, 6.07) is 6.79. The number of hydrogen-bond acceptors (Lipinski definition) is 2. The van der Waals surface area contributed by atoms with Crippen molar-refractivity contribution in [1.82, 2.24) is 0 Å². The van der Waals surface area contributed by atoms with Gasteiger partial charge in [-0.05, 0) is 92.0 Å². The zero-order valence-electron chi connectivity index (χ0n) is 20.3. The Morgan fingerprint density at radius 3 is 1.86 bits per heavy atom. The number of benzene rings is 2. The first kappa shape index (κ1) is 26.7. The summed E-state index contributed by atoms with van der Waals surface area (Å²) < 4.78 is 89.9. The van der Waals surface area contributed by atoms with Gasteiger partial charge in [0, 0.05) is 0 Å². The highest BCUT2D eigenvalue weighted by Crippen LogP contribution is 2.44. The highest BCUT2D eigenvalue weighted by molar-refractivity contribution is 5.35. The lowest BCUT2D eigenvalue weighted by atomic mass is 9.68. The normalized spacial score (nSPS) is 25.1. The molecule has 0 aromatic heterocycles. The summed E-state index contributed by atoms with van der Waals surface area (Å²) in [5.74, 6) is -2.06. The Hall–Kier alpha value is -2.38. The molecule has 0 bridgehead atoms. The van der Waals surface area contributed by atoms with Crippen LogP contribution < -0.4 is 9.47 Å². The molecule has 2 aliphatic carbocycles. The second kappa shape index (κ2) is 11.3. The van der Waals surface area contributed by atoms with Gasteiger partial charge in [0.1, 0.15) is 5.75 Å². The first-order valence-corrected chi connectivity index (χ1v) is 12.8. The minimum atomic E-state index is -4.08. The van der Waals surface area contributed by atoms with E-state index in [1.165, 1.54) is 57.1 Å². The first-order chi connectivity index (χ1) is 17.2. The zero-order valence-corrected chi connectivity index (χ0v) is 20.3. The van der Waals surface area contributed by atoms with Crippen molar-refractivity contribution in [2.75, 3.05) is 0 Å². The molecule has 0 atom stereocenters. The summed E-state index contributed by atoms with van der Waals surface area (Å²) in [6.07, 6.45) is 7.08. The average Bonchev–Trinajstić information content (AvgIpc) is 2.86. The van der Waals surface area contributed by atoms with E-state index in [0.29, 0.717) is 5.92 Å². The van der Waals surface area contributed by atoms with Gasteiger partial charge in [-0.1, -0.05) is 38.3 Å². The maximum atomic E-state index is 14.6. The van der Waals surface area contributed by atoms with E-state index >= 15 is 0 Å². The SMILES string of the molecule is CCC1CCC(C2CCC(c3ccc(OC(F)(F)c4cc(F)c(OC(F)F)c(F)c4)cc3)CC2)CC1. The van der Waals surface area contributed by atoms with Crippen molar-refractivity contribution in [3.05, 3.63) is 59.2 Å². The smallest absolute Gasteiger partial charge is 0.426 e. The van der Waals surface area contributed by atoms with Crippen LogP contribution in [0.2, 0.25) is 0 Å². The molecule has 2 aromatic rings. The van der Waals surface area contributed by atoms with Crippen LogP contribution in [0.4, 0.5) is 26.3 Å². The Balaban J connectivity index is 1.34. The Morgan fingerprint density at radius 1 is 0.833 bits per heavy atom. The van der Waals surface area contributed by atoms with Crippen molar-refractivity contribution in [2.24, 2.45) is 17.8 Å². The van der Waals surface area contributed by atoms with Gasteiger partial charge in [-0.2, -0.15) is 17.6 Å². The molecule has 8 heteroatoms. The molecule has 0 saturated heterocycles. The molecule has 0 radical (unpaired) electrons. The molecule has 0 spiro atoms. The maximum Gasteiger partial charge on any atom is 0.426 e. The van der Waals surface area contributed by atoms with Crippen LogP contribution in [0.25, 0.3) is 0 Å². The Morgan fingerprint density at radius 2 is 1.36 bits per heavy atom. The lowest BCUT2D eigenvalue weighted by Crippen LogP contribution is -2.25. The fourth-order valence-electron chi connectivity index (χ4n) is 5.94. The molecular formula is C28H32F6O2. The van der Waals surface area contributed by atoms with Gasteiger partial charge in [-0.3, -0.25) is 0 Å². The van der Waals surface area contributed by atoms with E-state index in [-0.39, 0.29) is 17.9 Å². The van der Waals surface area contributed by atoms with Crippen LogP contribution in [0.5, 0.6) is 11.5 Å². The number of halogens is 6. The van der Waals surface area contributed by atoms with Crippen LogP contribution >= 0.6 is 0 Å². The first-order valence-electron chi connectivity index (χ1n) is 12.8. The predicted octanol–water partition coefficient (Wildman–Crippen LogP) is 9.18. The molecule has 2 aromatic carbocycles. The maximum absolute atomic E-state index is 14.6. The molecule has 2 nitrogen and oxygen atoms in total. The van der Waals surface area contributed by atoms with Crippen LogP contribution in [-0.2, 0) is 6.11 Å². The van der Waals surface area contributed by atoms with Crippen LogP contribution in [0, 0.1) is 29.4 Å². The predicted molar refractivity (Wildman–Crippen MR) is 124 cm³/mol. The van der Waals surface area contributed by atoms with E-state index in [9.17, 15) is 26.3 Å². The molecule has 198 valence electrons. The molecule has 0 unspecified atom stereocenters. The van der Waals surface area contributed by atoms with Gasteiger partial charge in [0.2, 0.25) is 0 Å². The zero-order chi connectivity index (χ0) is 25.9. The summed E-state index contributed by atoms with van der Waals surface area (Å²) in [4.78, 5) is 0. The summed E-state index contributed by atoms with van der Waals surface area (Å²) in [6.45, 7) is -1.22. The average molecular weight is 515 g/mol. The van der Waals surface area contributed by atoms with E-state index in [1.807, 2.05) is 0 Å². The number of alkyl halides is 4. The van der Waals surface area contributed by atoms with Crippen molar-refractivity contribution in [2.45, 2.75) is 83.3 Å². The molecule has 4 rings (SSSR count). The van der Waals surface area contributed by atoms with Crippen molar-refractivity contribution in [3.63, 3.8) is 0 Å². The quantitative estimate of drug-likeness (QED) is 0.327. The molecule has 2 fully saturated rings. The van der Waals surface area contributed by atoms with E-state index in [4.69, 9.17) is 4.74 Å². The Kier molecular flexibility index (Phi) is 8.41. The third-order valence-electron chi connectivity index (χ3n) is 8.05. The minimum absolute atomic E-state index is 0.168. The highest BCUT2D eigenvalue weighted by atomic mass is 19.3. The molecule has 0 aliphatic heterocycles. The summed E-state index contributed by atoms with van der Waals surface area (Å²) in [5, 5.41) is 0. The van der Waals surface area contributed by atoms with Crippen LogP contribution in [0.3, 0.4) is 0 Å². The number of rotatable bonds is 8. The molecule has 0 heterocycles. The fraction of sp³-hybridized carbons (Fsp3) is 0.571. The molecule has 2 saturated carbocycles. The Labute approximate surface area is 208 Å². The van der Waals surface area contributed by atoms with Crippen LogP contribution in [0.1, 0.15) is 81.8 Å². The van der Waals surface area contributed by atoms with E-state index in [0.717, 1.165) is 36.2 Å². The lowest BCUT2D eigenvalue weighted by molar-refractivity contribution is -0.185. The van der Waals surface area contributed by atoms with Crippen molar-refractivity contribution >= 4 is 0 Å². The third kappa shape index (κ3) is 6.30. The largest absolute Gasteiger partial charge is 0.429 e. The van der Waals surface area contributed by atoms with Gasteiger partial charge in [0.05, 0.1) is 5.56 Å². The Bertz CT molecular complexity index is 971. The fourth-order valence-corrected chi connectivity index (χ4v) is 5.94. The summed E-state index contributed by atoms with van der Waals surface area (Å²) in [7, 11) is 0. The molecular weight excluding hydrogens is 482 g/mol. The van der Waals surface area contributed by atoms with Gasteiger partial charge in [0.15, 0.2) is 17.4 Å². The van der Waals surface area contributed by atoms with Crippen LogP contribution in [-0.4, -0.2) is 6.61 Å². The lowest BCUT2D eigenvalue weighted by Gasteiger charge is -2.38. The second-order valence-electron chi connectivity index (χ2n) is 10.1. The number of ether oxygens (including phenoxy) is 2. The standard InChI is InChI=1S/C28H32F6O2/c1-2-17-3-5-18(6-4-17)19-7-9-20(10-8-19)21-11-13-23(14-12-21)36-28(33,34)22-15-24(29)26(25(30)16-22)35-27(31)32/h11-20,27H,2-10H2,1H3. The molecule has 0 N–H and O–H groups in total. The minimum Gasteiger partial charge on any atom is -0.429 e. The second-order valence-corrected chi connectivity index (χ2v) is 10.1. The number of hydrogen-bond donors (Lipinski definition) is 0. The topological polar surface area (TPSA) is 18.5 Å². The third-order valence-corrected chi connectivity index (χ3v) is 8.05. The van der Waals surface area contributed by atoms with Gasteiger partial charge in [0.25, 0.3) is 0 Å². The summed E-state index contributed by atoms with van der Waals surface area (Å²) in [5.41, 5.74) is -0.0844. The van der Waals surface area contributed by atoms with Crippen molar-refractivity contribution in [1.29, 1.82) is 0 Å². The summed E-state index contributed by atoms with van der Waals surface area (Å²) >= 11 is 0. The monoisotopic (exact) mass is 514 g/mol. The molecule has 2 aliphatic rings. The van der Waals surface area contributed by atoms with Gasteiger partial charge in [-0.25, -0.2) is 8.78 Å². The van der Waals surface area contributed by atoms with E-state index in [2.05, 4.69) is 11.7 Å². The van der Waals surface area contributed by atoms with Gasteiger partial charge in [-0.15, -0.1) is 0 Å². The highest BCUT2D eigenvalue weighted by Gasteiger charge is 2.37. The molecule has 0 amide bonds. The molecule has 36 heavy (non-hydrogen) atoms. The van der Waals surface area contributed by atoms with Crippen LogP contribution in [0.15, 0.2) is 36.4 Å². The van der Waals surface area contributed by atoms with E-state index in [1.54, 1.807) is 12.1 Å². The van der Waals surface area contributed by atoms with E-state index < -0.39 is 35.7 Å².